The largest absolute Gasteiger partial charge is 0.416 e. The molecule has 12 heteroatoms. The highest BCUT2D eigenvalue weighted by Gasteiger charge is 2.46. The van der Waals surface area contributed by atoms with Gasteiger partial charge in [0.2, 0.25) is 0 Å². The fraction of sp³-hybridized carbons (Fsp3) is 0.238. The van der Waals surface area contributed by atoms with E-state index in [4.69, 9.17) is 11.6 Å². The highest BCUT2D eigenvalue weighted by atomic mass is 35.5. The molecule has 5 nitrogen and oxygen atoms in total. The molecule has 2 aromatic carbocycles. The quantitative estimate of drug-likeness (QED) is 0.416. The van der Waals surface area contributed by atoms with E-state index in [-0.39, 0.29) is 23.6 Å². The highest BCUT2D eigenvalue weighted by Crippen LogP contribution is 2.43. The highest BCUT2D eigenvalue weighted by molar-refractivity contribution is 6.30. The smallest absolute Gasteiger partial charge is 0.363 e. The molecule has 0 bridgehead atoms. The molecule has 3 aromatic rings. The predicted octanol–water partition coefficient (Wildman–Crippen LogP) is 6.47. The van der Waals surface area contributed by atoms with Crippen LogP contribution in [-0.2, 0) is 6.18 Å². The summed E-state index contributed by atoms with van der Waals surface area (Å²) in [7, 11) is 0. The van der Waals surface area contributed by atoms with Crippen LogP contribution < -0.4 is 10.6 Å². The van der Waals surface area contributed by atoms with E-state index in [1.807, 2.05) is 0 Å². The lowest BCUT2D eigenvalue weighted by Crippen LogP contribution is -2.35. The predicted molar refractivity (Wildman–Crippen MR) is 109 cm³/mol. The Kier molecular flexibility index (Phi) is 5.77. The van der Waals surface area contributed by atoms with Crippen molar-refractivity contribution >= 4 is 29.0 Å². The van der Waals surface area contributed by atoms with Gasteiger partial charge in [0.25, 0.3) is 5.91 Å². The van der Waals surface area contributed by atoms with Crippen LogP contribution in [0.4, 0.5) is 37.8 Å². The van der Waals surface area contributed by atoms with Gasteiger partial charge in [0.05, 0.1) is 11.6 Å². The van der Waals surface area contributed by atoms with Gasteiger partial charge in [-0.3, -0.25) is 4.79 Å². The van der Waals surface area contributed by atoms with Gasteiger partial charge in [-0.2, -0.15) is 31.4 Å². The lowest BCUT2D eigenvalue weighted by atomic mass is 9.97. The second-order valence-electron chi connectivity index (χ2n) is 7.43. The molecular weight excluding hydrogens is 474 g/mol. The minimum Gasteiger partial charge on any atom is -0.363 e. The van der Waals surface area contributed by atoms with Crippen LogP contribution in [0.2, 0.25) is 5.02 Å². The number of nitrogens with zero attached hydrogens (tertiary/aromatic N) is 2. The van der Waals surface area contributed by atoms with Crippen molar-refractivity contribution in [2.45, 2.75) is 30.9 Å². The maximum atomic E-state index is 13.8. The number of nitrogens with one attached hydrogen (secondary N) is 2. The van der Waals surface area contributed by atoms with Crippen molar-refractivity contribution in [2.24, 2.45) is 0 Å². The molecule has 174 valence electrons. The molecule has 0 spiro atoms. The van der Waals surface area contributed by atoms with Crippen LogP contribution in [0.15, 0.2) is 54.6 Å². The van der Waals surface area contributed by atoms with Crippen molar-refractivity contribution in [3.8, 4) is 0 Å². The van der Waals surface area contributed by atoms with Gasteiger partial charge >= 0.3 is 12.4 Å². The Morgan fingerprint density at radius 2 is 1.76 bits per heavy atom. The van der Waals surface area contributed by atoms with E-state index in [1.165, 1.54) is 6.07 Å². The number of amides is 1. The number of aromatic nitrogens is 2. The Balaban J connectivity index is 1.62. The number of alkyl halides is 6. The van der Waals surface area contributed by atoms with Gasteiger partial charge in [0.15, 0.2) is 11.7 Å². The number of carbonyl (C=O) groups excluding carboxylic acids is 1. The van der Waals surface area contributed by atoms with Gasteiger partial charge in [-0.1, -0.05) is 29.8 Å². The third kappa shape index (κ3) is 4.92. The van der Waals surface area contributed by atoms with Crippen molar-refractivity contribution in [2.75, 3.05) is 10.6 Å². The molecule has 2 atom stereocenters. The first-order valence-corrected chi connectivity index (χ1v) is 9.96. The standard InChI is InChI=1S/C21H15ClF6N4O/c22-13-6-4-11(5-7-13)15-9-17(21(26,27)28)32-18(30-15)10-16(31-32)19(33)29-14-3-1-2-12(8-14)20(23,24)25/h1-8,10,15,17,30H,9H2,(H,29,33). The maximum Gasteiger partial charge on any atom is 0.416 e. The molecule has 0 saturated heterocycles. The molecule has 0 fully saturated rings. The maximum absolute atomic E-state index is 13.8. The molecule has 1 amide bonds. The molecule has 2 unspecified atom stereocenters. The first kappa shape index (κ1) is 23.0. The van der Waals surface area contributed by atoms with Crippen LogP contribution in [0.5, 0.6) is 0 Å². The molecule has 2 heterocycles. The van der Waals surface area contributed by atoms with Gasteiger partial charge in [-0.15, -0.1) is 0 Å². The number of hydrogen-bond donors (Lipinski definition) is 2. The van der Waals surface area contributed by atoms with Gasteiger partial charge < -0.3 is 10.6 Å². The first-order valence-electron chi connectivity index (χ1n) is 9.59. The molecule has 0 aliphatic carbocycles. The monoisotopic (exact) mass is 488 g/mol. The summed E-state index contributed by atoms with van der Waals surface area (Å²) in [6.45, 7) is 0. The van der Waals surface area contributed by atoms with E-state index in [2.05, 4.69) is 15.7 Å². The van der Waals surface area contributed by atoms with E-state index in [9.17, 15) is 31.1 Å². The van der Waals surface area contributed by atoms with Crippen molar-refractivity contribution < 1.29 is 31.1 Å². The second-order valence-corrected chi connectivity index (χ2v) is 7.87. The topological polar surface area (TPSA) is 59.0 Å². The Bertz CT molecular complexity index is 1170. The average molecular weight is 489 g/mol. The first-order chi connectivity index (χ1) is 15.4. The van der Waals surface area contributed by atoms with Crippen molar-refractivity contribution in [3.63, 3.8) is 0 Å². The second kappa shape index (κ2) is 8.29. The molecule has 1 aliphatic heterocycles. The fourth-order valence-corrected chi connectivity index (χ4v) is 3.69. The summed E-state index contributed by atoms with van der Waals surface area (Å²) in [6.07, 6.45) is -9.65. The summed E-state index contributed by atoms with van der Waals surface area (Å²) < 4.78 is 80.6. The molecular formula is C21H15ClF6N4O. The molecule has 0 saturated carbocycles. The van der Waals surface area contributed by atoms with Crippen LogP contribution in [0, 0.1) is 0 Å². The summed E-state index contributed by atoms with van der Waals surface area (Å²) in [5, 5.41) is 9.39. The van der Waals surface area contributed by atoms with E-state index in [1.54, 1.807) is 24.3 Å². The zero-order chi connectivity index (χ0) is 24.0. The molecule has 1 aromatic heterocycles. The van der Waals surface area contributed by atoms with E-state index < -0.39 is 35.9 Å². The average Bonchev–Trinajstić information content (AvgIpc) is 3.17. The van der Waals surface area contributed by atoms with Crippen LogP contribution in [0.1, 0.15) is 40.1 Å². The Morgan fingerprint density at radius 1 is 1.06 bits per heavy atom. The van der Waals surface area contributed by atoms with Crippen LogP contribution in [0.3, 0.4) is 0 Å². The molecule has 33 heavy (non-hydrogen) atoms. The van der Waals surface area contributed by atoms with Gasteiger partial charge in [0, 0.05) is 23.2 Å². The van der Waals surface area contributed by atoms with Gasteiger partial charge in [-0.25, -0.2) is 4.68 Å². The normalized spacial score (nSPS) is 18.4. The van der Waals surface area contributed by atoms with Crippen molar-refractivity contribution in [3.05, 3.63) is 76.4 Å². The lowest BCUT2D eigenvalue weighted by Gasteiger charge is -2.33. The Morgan fingerprint density at radius 3 is 2.39 bits per heavy atom. The molecule has 2 N–H and O–H groups in total. The van der Waals surface area contributed by atoms with E-state index >= 15 is 0 Å². The summed E-state index contributed by atoms with van der Waals surface area (Å²) >= 11 is 5.85. The molecule has 4 rings (SSSR count). The Hall–Kier alpha value is -3.21. The third-order valence-corrected chi connectivity index (χ3v) is 5.39. The number of benzene rings is 2. The number of carbonyl (C=O) groups is 1. The van der Waals surface area contributed by atoms with Gasteiger partial charge in [-0.05, 0) is 35.9 Å². The Labute approximate surface area is 188 Å². The summed E-state index contributed by atoms with van der Waals surface area (Å²) in [4.78, 5) is 12.5. The lowest BCUT2D eigenvalue weighted by molar-refractivity contribution is -0.173. The van der Waals surface area contributed by atoms with Crippen LogP contribution in [0.25, 0.3) is 0 Å². The number of rotatable bonds is 3. The summed E-state index contributed by atoms with van der Waals surface area (Å²) in [5.74, 6) is -0.986. The van der Waals surface area contributed by atoms with Crippen LogP contribution >= 0.6 is 11.6 Å². The zero-order valence-electron chi connectivity index (χ0n) is 16.5. The number of anilines is 2. The minimum absolute atomic E-state index is 0.0438. The third-order valence-electron chi connectivity index (χ3n) is 5.14. The van der Waals surface area contributed by atoms with E-state index in [0.29, 0.717) is 15.3 Å². The van der Waals surface area contributed by atoms with Crippen LogP contribution in [-0.4, -0.2) is 21.9 Å². The number of hydrogen-bond acceptors (Lipinski definition) is 3. The van der Waals surface area contributed by atoms with Gasteiger partial charge in [0.1, 0.15) is 5.82 Å². The molecule has 0 radical (unpaired) electrons. The molecule has 1 aliphatic rings. The zero-order valence-corrected chi connectivity index (χ0v) is 17.3. The van der Waals surface area contributed by atoms with Crippen molar-refractivity contribution in [1.29, 1.82) is 0 Å². The minimum atomic E-state index is -4.65. The summed E-state index contributed by atoms with van der Waals surface area (Å²) in [6, 6.07) is 8.60. The number of halogens is 7. The SMILES string of the molecule is O=C(Nc1cccc(C(F)(F)F)c1)c1cc2n(n1)C(C(F)(F)F)CC(c1ccc(Cl)cc1)N2. The fourth-order valence-electron chi connectivity index (χ4n) is 3.57. The van der Waals surface area contributed by atoms with E-state index in [0.717, 1.165) is 24.3 Å². The van der Waals surface area contributed by atoms with Crippen molar-refractivity contribution in [1.82, 2.24) is 9.78 Å². The number of fused-ring (bicyclic) bond motifs is 1. The summed E-state index contributed by atoms with van der Waals surface area (Å²) in [5.41, 5.74) is -0.953.